The van der Waals surface area contributed by atoms with Crippen LogP contribution in [0, 0.1) is 0 Å². The van der Waals surface area contributed by atoms with Crippen molar-refractivity contribution in [2.24, 2.45) is 0 Å². The third kappa shape index (κ3) is 5.61. The van der Waals surface area contributed by atoms with Crippen molar-refractivity contribution in [3.63, 3.8) is 0 Å². The lowest BCUT2D eigenvalue weighted by Gasteiger charge is -2.36. The Morgan fingerprint density at radius 1 is 0.917 bits per heavy atom. The molecule has 4 aromatic rings. The first kappa shape index (κ1) is 24.5. The quantitative estimate of drug-likeness (QED) is 0.325. The lowest BCUT2D eigenvalue weighted by atomic mass is 9.78. The summed E-state index contributed by atoms with van der Waals surface area (Å²) in [5.41, 5.74) is 2.66. The summed E-state index contributed by atoms with van der Waals surface area (Å²) in [6.45, 7) is 7.94. The Labute approximate surface area is 217 Å². The van der Waals surface area contributed by atoms with E-state index in [1.165, 1.54) is 5.69 Å². The van der Waals surface area contributed by atoms with Crippen LogP contribution in [0.15, 0.2) is 84.9 Å². The number of fused-ring (bicyclic) bond motifs is 1. The fourth-order valence-corrected chi connectivity index (χ4v) is 6.11. The van der Waals surface area contributed by atoms with Crippen molar-refractivity contribution in [1.82, 2.24) is 15.2 Å². The minimum atomic E-state index is -0.670. The number of hydrogen-bond donors (Lipinski definition) is 1. The van der Waals surface area contributed by atoms with Crippen molar-refractivity contribution in [3.8, 4) is 0 Å². The summed E-state index contributed by atoms with van der Waals surface area (Å²) in [6, 6.07) is 28.9. The SMILES string of the molecule is CC(Cc1nc2ccccc2s1)(C(=O)NCCCN1CCN(c2ccccc2)CC1)c1ccccc1. The van der Waals surface area contributed by atoms with Gasteiger partial charge in [-0.3, -0.25) is 9.69 Å². The molecule has 1 atom stereocenters. The summed E-state index contributed by atoms with van der Waals surface area (Å²) in [5, 5.41) is 4.25. The van der Waals surface area contributed by atoms with Crippen LogP contribution in [0.5, 0.6) is 0 Å². The number of carbonyl (C=O) groups excluding carboxylic acids is 1. The number of rotatable bonds is 9. The average molecular weight is 499 g/mol. The van der Waals surface area contributed by atoms with Crippen LogP contribution in [-0.2, 0) is 16.6 Å². The molecule has 186 valence electrons. The maximum atomic E-state index is 13.6. The van der Waals surface area contributed by atoms with Gasteiger partial charge in [-0.2, -0.15) is 0 Å². The molecule has 1 aliphatic rings. The molecule has 1 unspecified atom stereocenters. The van der Waals surface area contributed by atoms with Crippen molar-refractivity contribution in [2.75, 3.05) is 44.2 Å². The van der Waals surface area contributed by atoms with E-state index in [4.69, 9.17) is 4.98 Å². The smallest absolute Gasteiger partial charge is 0.230 e. The zero-order valence-electron chi connectivity index (χ0n) is 20.9. The Kier molecular flexibility index (Phi) is 7.63. The van der Waals surface area contributed by atoms with Gasteiger partial charge in [-0.05, 0) is 49.7 Å². The molecule has 1 saturated heterocycles. The molecule has 1 aromatic heterocycles. The molecule has 0 saturated carbocycles. The van der Waals surface area contributed by atoms with Crippen LogP contribution in [0.25, 0.3) is 10.2 Å². The van der Waals surface area contributed by atoms with E-state index in [0.717, 1.165) is 59.9 Å². The van der Waals surface area contributed by atoms with E-state index in [1.807, 2.05) is 43.3 Å². The molecule has 0 radical (unpaired) electrons. The number of nitrogens with one attached hydrogen (secondary N) is 1. The number of hydrogen-bond acceptors (Lipinski definition) is 5. The molecular weight excluding hydrogens is 464 g/mol. The molecule has 1 N–H and O–H groups in total. The standard InChI is InChI=1S/C30H34N4OS/c1-30(24-11-4-2-5-12-24,23-28-32-26-15-8-9-16-27(26)36-28)29(35)31-17-10-18-33-19-21-34(22-20-33)25-13-6-3-7-14-25/h2-9,11-16H,10,17-23H2,1H3,(H,31,35). The van der Waals surface area contributed by atoms with Gasteiger partial charge < -0.3 is 10.2 Å². The van der Waals surface area contributed by atoms with Gasteiger partial charge in [-0.1, -0.05) is 60.7 Å². The number of thiazole rings is 1. The second kappa shape index (κ2) is 11.2. The minimum absolute atomic E-state index is 0.0712. The molecule has 0 bridgehead atoms. The Hall–Kier alpha value is -3.22. The zero-order valence-corrected chi connectivity index (χ0v) is 21.7. The number of anilines is 1. The summed E-state index contributed by atoms with van der Waals surface area (Å²) in [4.78, 5) is 23.4. The third-order valence-electron chi connectivity index (χ3n) is 7.19. The molecule has 1 aliphatic heterocycles. The molecule has 6 heteroatoms. The largest absolute Gasteiger partial charge is 0.369 e. The van der Waals surface area contributed by atoms with Crippen LogP contribution in [-0.4, -0.2) is 55.1 Å². The maximum Gasteiger partial charge on any atom is 0.230 e. The highest BCUT2D eigenvalue weighted by molar-refractivity contribution is 7.18. The monoisotopic (exact) mass is 498 g/mol. The number of carbonyl (C=O) groups is 1. The van der Waals surface area contributed by atoms with Crippen molar-refractivity contribution in [2.45, 2.75) is 25.2 Å². The van der Waals surface area contributed by atoms with Crippen LogP contribution < -0.4 is 10.2 Å². The van der Waals surface area contributed by atoms with Gasteiger partial charge in [-0.25, -0.2) is 4.98 Å². The third-order valence-corrected chi connectivity index (χ3v) is 8.22. The molecule has 2 heterocycles. The molecule has 0 aliphatic carbocycles. The second-order valence-electron chi connectivity index (χ2n) is 9.72. The highest BCUT2D eigenvalue weighted by Crippen LogP contribution is 2.32. The predicted octanol–water partition coefficient (Wildman–Crippen LogP) is 5.13. The normalized spacial score (nSPS) is 16.1. The van der Waals surface area contributed by atoms with Gasteiger partial charge in [0.2, 0.25) is 5.91 Å². The first-order valence-electron chi connectivity index (χ1n) is 12.8. The molecule has 0 spiro atoms. The lowest BCUT2D eigenvalue weighted by Crippen LogP contribution is -2.47. The highest BCUT2D eigenvalue weighted by atomic mass is 32.1. The van der Waals surface area contributed by atoms with Crippen molar-refractivity contribution < 1.29 is 4.79 Å². The first-order chi connectivity index (χ1) is 17.6. The average Bonchev–Trinajstić information content (AvgIpc) is 3.34. The highest BCUT2D eigenvalue weighted by Gasteiger charge is 2.36. The van der Waals surface area contributed by atoms with Crippen LogP contribution in [0.1, 0.15) is 23.9 Å². The van der Waals surface area contributed by atoms with Gasteiger partial charge in [0.15, 0.2) is 0 Å². The molecule has 1 fully saturated rings. The molecule has 36 heavy (non-hydrogen) atoms. The minimum Gasteiger partial charge on any atom is -0.369 e. The summed E-state index contributed by atoms with van der Waals surface area (Å²) in [7, 11) is 0. The van der Waals surface area contributed by atoms with E-state index in [-0.39, 0.29) is 5.91 Å². The Bertz CT molecular complexity index is 1230. The van der Waals surface area contributed by atoms with E-state index >= 15 is 0 Å². The zero-order chi connectivity index (χ0) is 24.8. The van der Waals surface area contributed by atoms with Crippen molar-refractivity contribution in [3.05, 3.63) is 95.5 Å². The van der Waals surface area contributed by atoms with Gasteiger partial charge in [-0.15, -0.1) is 11.3 Å². The lowest BCUT2D eigenvalue weighted by molar-refractivity contribution is -0.126. The summed E-state index contributed by atoms with van der Waals surface area (Å²) >= 11 is 1.68. The van der Waals surface area contributed by atoms with Crippen LogP contribution in [0.3, 0.4) is 0 Å². The maximum absolute atomic E-state index is 13.6. The second-order valence-corrected chi connectivity index (χ2v) is 10.8. The summed E-state index contributed by atoms with van der Waals surface area (Å²) in [5.74, 6) is 0.0712. The summed E-state index contributed by atoms with van der Waals surface area (Å²) in [6.07, 6.45) is 1.53. The van der Waals surface area contributed by atoms with Gasteiger partial charge in [0, 0.05) is 44.8 Å². The fourth-order valence-electron chi connectivity index (χ4n) is 4.99. The fraction of sp³-hybridized carbons (Fsp3) is 0.333. The van der Waals surface area contributed by atoms with E-state index in [0.29, 0.717) is 13.0 Å². The predicted molar refractivity (Wildman–Crippen MR) is 150 cm³/mol. The molecule has 3 aromatic carbocycles. The van der Waals surface area contributed by atoms with E-state index in [9.17, 15) is 4.79 Å². The molecule has 5 rings (SSSR count). The van der Waals surface area contributed by atoms with Crippen LogP contribution >= 0.6 is 11.3 Å². The van der Waals surface area contributed by atoms with Crippen molar-refractivity contribution >= 4 is 33.1 Å². The van der Waals surface area contributed by atoms with E-state index in [2.05, 4.69) is 63.6 Å². The van der Waals surface area contributed by atoms with Crippen LogP contribution in [0.2, 0.25) is 0 Å². The Morgan fingerprint density at radius 3 is 2.31 bits per heavy atom. The van der Waals surface area contributed by atoms with E-state index in [1.54, 1.807) is 11.3 Å². The van der Waals surface area contributed by atoms with E-state index < -0.39 is 5.41 Å². The van der Waals surface area contributed by atoms with Crippen LogP contribution in [0.4, 0.5) is 5.69 Å². The van der Waals surface area contributed by atoms with Gasteiger partial charge >= 0.3 is 0 Å². The number of para-hydroxylation sites is 2. The summed E-state index contributed by atoms with van der Waals surface area (Å²) < 4.78 is 1.16. The number of benzene rings is 3. The number of aromatic nitrogens is 1. The molecule has 5 nitrogen and oxygen atoms in total. The van der Waals surface area contributed by atoms with Gasteiger partial charge in [0.25, 0.3) is 0 Å². The Balaban J connectivity index is 1.16. The Morgan fingerprint density at radius 2 is 1.58 bits per heavy atom. The topological polar surface area (TPSA) is 48.5 Å². The number of nitrogens with zero attached hydrogens (tertiary/aromatic N) is 3. The molecular formula is C30H34N4OS. The first-order valence-corrected chi connectivity index (χ1v) is 13.6. The molecule has 1 amide bonds. The number of piperazine rings is 1. The van der Waals surface area contributed by atoms with Gasteiger partial charge in [0.05, 0.1) is 20.6 Å². The van der Waals surface area contributed by atoms with Gasteiger partial charge in [0.1, 0.15) is 0 Å². The number of amides is 1. The van der Waals surface area contributed by atoms with Crippen molar-refractivity contribution in [1.29, 1.82) is 0 Å².